The molecular formula is C15H30N2O2. The molecule has 0 aromatic heterocycles. The highest BCUT2D eigenvalue weighted by atomic mass is 16.4. The van der Waals surface area contributed by atoms with Crippen LogP contribution in [-0.2, 0) is 4.79 Å². The highest BCUT2D eigenvalue weighted by Gasteiger charge is 2.28. The largest absolute Gasteiger partial charge is 0.481 e. The maximum Gasteiger partial charge on any atom is 0.309 e. The molecule has 1 saturated heterocycles. The van der Waals surface area contributed by atoms with Crippen molar-refractivity contribution in [3.05, 3.63) is 0 Å². The van der Waals surface area contributed by atoms with Crippen LogP contribution >= 0.6 is 0 Å². The van der Waals surface area contributed by atoms with Gasteiger partial charge in [-0.3, -0.25) is 9.69 Å². The Morgan fingerprint density at radius 3 is 2.21 bits per heavy atom. The first-order chi connectivity index (χ1) is 8.74. The van der Waals surface area contributed by atoms with E-state index in [1.807, 2.05) is 13.8 Å². The van der Waals surface area contributed by atoms with Gasteiger partial charge in [-0.1, -0.05) is 6.42 Å². The van der Waals surface area contributed by atoms with E-state index in [9.17, 15) is 4.79 Å². The van der Waals surface area contributed by atoms with Crippen molar-refractivity contribution in [3.8, 4) is 0 Å². The molecule has 112 valence electrons. The third-order valence-electron chi connectivity index (χ3n) is 4.54. The summed E-state index contributed by atoms with van der Waals surface area (Å²) in [5, 5.41) is 9.07. The molecule has 0 radical (unpaired) electrons. The van der Waals surface area contributed by atoms with Crippen molar-refractivity contribution in [3.63, 3.8) is 0 Å². The zero-order chi connectivity index (χ0) is 14.6. The number of unbranched alkanes of at least 4 members (excludes halogenated alkanes) is 1. The maximum absolute atomic E-state index is 11.0. The number of carboxylic acids is 1. The van der Waals surface area contributed by atoms with Crippen LogP contribution in [0.3, 0.4) is 0 Å². The molecule has 0 saturated carbocycles. The molecule has 4 nitrogen and oxygen atoms in total. The van der Waals surface area contributed by atoms with E-state index >= 15 is 0 Å². The van der Waals surface area contributed by atoms with Crippen molar-refractivity contribution >= 4 is 5.97 Å². The Balaban J connectivity index is 2.25. The molecule has 2 unspecified atom stereocenters. The van der Waals surface area contributed by atoms with Crippen LogP contribution < -0.4 is 0 Å². The summed E-state index contributed by atoms with van der Waals surface area (Å²) in [4.78, 5) is 16.0. The van der Waals surface area contributed by atoms with Crippen molar-refractivity contribution in [2.24, 2.45) is 5.41 Å². The molecular weight excluding hydrogens is 240 g/mol. The second-order valence-electron chi connectivity index (χ2n) is 6.77. The predicted octanol–water partition coefficient (Wildman–Crippen LogP) is 2.29. The fourth-order valence-corrected chi connectivity index (χ4v) is 2.71. The molecule has 0 aliphatic carbocycles. The van der Waals surface area contributed by atoms with Crippen LogP contribution in [0.4, 0.5) is 0 Å². The van der Waals surface area contributed by atoms with Gasteiger partial charge >= 0.3 is 5.97 Å². The molecule has 1 fully saturated rings. The Kier molecular flexibility index (Phi) is 5.81. The number of likely N-dealkylation sites (N-methyl/N-ethyl adjacent to an activating group) is 1. The number of nitrogens with zero attached hydrogens (tertiary/aromatic N) is 2. The zero-order valence-corrected chi connectivity index (χ0v) is 13.1. The number of hydrogen-bond donors (Lipinski definition) is 1. The SMILES string of the molecule is CC1CN(CCCCC(C)(C)C(=O)O)CC(C)N1C. The quantitative estimate of drug-likeness (QED) is 0.752. The predicted molar refractivity (Wildman–Crippen MR) is 78.4 cm³/mol. The molecule has 0 amide bonds. The van der Waals surface area contributed by atoms with Crippen LogP contribution in [0.15, 0.2) is 0 Å². The van der Waals surface area contributed by atoms with Gasteiger partial charge in [0.1, 0.15) is 0 Å². The smallest absolute Gasteiger partial charge is 0.309 e. The van der Waals surface area contributed by atoms with Gasteiger partial charge in [0.05, 0.1) is 5.41 Å². The number of carboxylic acid groups (broad SMARTS) is 1. The third kappa shape index (κ3) is 4.77. The van der Waals surface area contributed by atoms with Gasteiger partial charge in [0.2, 0.25) is 0 Å². The number of piperazine rings is 1. The van der Waals surface area contributed by atoms with Crippen LogP contribution in [0.25, 0.3) is 0 Å². The number of rotatable bonds is 6. The fourth-order valence-electron chi connectivity index (χ4n) is 2.71. The molecule has 0 aromatic rings. The first kappa shape index (κ1) is 16.4. The van der Waals surface area contributed by atoms with E-state index in [0.29, 0.717) is 12.1 Å². The molecule has 1 heterocycles. The van der Waals surface area contributed by atoms with Crippen LogP contribution in [-0.4, -0.2) is 59.6 Å². The molecule has 0 spiro atoms. The molecule has 0 aromatic carbocycles. The number of aliphatic carboxylic acids is 1. The van der Waals surface area contributed by atoms with Crippen LogP contribution in [0.2, 0.25) is 0 Å². The standard InChI is InChI=1S/C15H30N2O2/c1-12-10-17(11-13(2)16(12)5)9-7-6-8-15(3,4)14(18)19/h12-13H,6-11H2,1-5H3,(H,18,19). The van der Waals surface area contributed by atoms with E-state index in [1.165, 1.54) is 0 Å². The minimum atomic E-state index is -0.686. The zero-order valence-electron chi connectivity index (χ0n) is 13.1. The van der Waals surface area contributed by atoms with E-state index < -0.39 is 11.4 Å². The topological polar surface area (TPSA) is 43.8 Å². The summed E-state index contributed by atoms with van der Waals surface area (Å²) >= 11 is 0. The number of carbonyl (C=O) groups is 1. The lowest BCUT2D eigenvalue weighted by molar-refractivity contribution is -0.147. The van der Waals surface area contributed by atoms with Gasteiger partial charge in [-0.25, -0.2) is 0 Å². The normalized spacial score (nSPS) is 26.6. The summed E-state index contributed by atoms with van der Waals surface area (Å²) in [5.41, 5.74) is -0.581. The van der Waals surface area contributed by atoms with Crippen molar-refractivity contribution in [1.29, 1.82) is 0 Å². The lowest BCUT2D eigenvalue weighted by Crippen LogP contribution is -2.54. The maximum atomic E-state index is 11.0. The van der Waals surface area contributed by atoms with Crippen LogP contribution in [0, 0.1) is 5.41 Å². The average Bonchev–Trinajstić information content (AvgIpc) is 2.31. The van der Waals surface area contributed by atoms with E-state index in [1.54, 1.807) is 0 Å². The Bertz CT molecular complexity index is 293. The lowest BCUT2D eigenvalue weighted by atomic mass is 9.87. The van der Waals surface area contributed by atoms with Crippen molar-refractivity contribution < 1.29 is 9.90 Å². The molecule has 0 bridgehead atoms. The molecule has 19 heavy (non-hydrogen) atoms. The molecule has 1 aliphatic rings. The van der Waals surface area contributed by atoms with Crippen LogP contribution in [0.1, 0.15) is 47.0 Å². The first-order valence-electron chi connectivity index (χ1n) is 7.41. The van der Waals surface area contributed by atoms with Gasteiger partial charge in [-0.05, 0) is 54.1 Å². The van der Waals surface area contributed by atoms with E-state index in [0.717, 1.165) is 38.9 Å². The van der Waals surface area contributed by atoms with E-state index in [-0.39, 0.29) is 0 Å². The lowest BCUT2D eigenvalue weighted by Gasteiger charge is -2.42. The Morgan fingerprint density at radius 1 is 1.21 bits per heavy atom. The molecule has 1 aliphatic heterocycles. The monoisotopic (exact) mass is 270 g/mol. The van der Waals surface area contributed by atoms with E-state index in [4.69, 9.17) is 5.11 Å². The average molecular weight is 270 g/mol. The van der Waals surface area contributed by atoms with Gasteiger partial charge in [-0.15, -0.1) is 0 Å². The molecule has 2 atom stereocenters. The minimum Gasteiger partial charge on any atom is -0.481 e. The summed E-state index contributed by atoms with van der Waals surface area (Å²) in [6.07, 6.45) is 2.86. The summed E-state index contributed by atoms with van der Waals surface area (Å²) in [6.45, 7) is 11.5. The molecule has 1 rings (SSSR count). The molecule has 1 N–H and O–H groups in total. The van der Waals surface area contributed by atoms with Crippen molar-refractivity contribution in [2.45, 2.75) is 59.0 Å². The third-order valence-corrected chi connectivity index (χ3v) is 4.54. The van der Waals surface area contributed by atoms with Crippen molar-refractivity contribution in [2.75, 3.05) is 26.7 Å². The highest BCUT2D eigenvalue weighted by Crippen LogP contribution is 2.23. The van der Waals surface area contributed by atoms with E-state index in [2.05, 4.69) is 30.7 Å². The summed E-state index contributed by atoms with van der Waals surface area (Å²) in [6, 6.07) is 1.22. The second-order valence-corrected chi connectivity index (χ2v) is 6.77. The Labute approximate surface area is 117 Å². The van der Waals surface area contributed by atoms with Crippen LogP contribution in [0.5, 0.6) is 0 Å². The Hall–Kier alpha value is -0.610. The molecule has 4 heteroatoms. The summed E-state index contributed by atoms with van der Waals surface area (Å²) in [5.74, 6) is -0.686. The summed E-state index contributed by atoms with van der Waals surface area (Å²) in [7, 11) is 2.20. The van der Waals surface area contributed by atoms with Gasteiger partial charge in [-0.2, -0.15) is 0 Å². The highest BCUT2D eigenvalue weighted by molar-refractivity contribution is 5.73. The first-order valence-corrected chi connectivity index (χ1v) is 7.41. The van der Waals surface area contributed by atoms with Gasteiger partial charge in [0.15, 0.2) is 0 Å². The van der Waals surface area contributed by atoms with Crippen molar-refractivity contribution in [1.82, 2.24) is 9.80 Å². The minimum absolute atomic E-state index is 0.581. The Morgan fingerprint density at radius 2 is 1.74 bits per heavy atom. The summed E-state index contributed by atoms with van der Waals surface area (Å²) < 4.78 is 0. The van der Waals surface area contributed by atoms with Gasteiger partial charge in [0, 0.05) is 25.2 Å². The number of hydrogen-bond acceptors (Lipinski definition) is 3. The van der Waals surface area contributed by atoms with Gasteiger partial charge < -0.3 is 10.0 Å². The van der Waals surface area contributed by atoms with Gasteiger partial charge in [0.25, 0.3) is 0 Å². The second kappa shape index (κ2) is 6.71. The fraction of sp³-hybridized carbons (Fsp3) is 0.933.